The number of hydrogen-bond donors (Lipinski definition) is 4. The fraction of sp³-hybridized carbons (Fsp3) is 0.981. The van der Waals surface area contributed by atoms with Crippen LogP contribution in [0.4, 0.5) is 0 Å². The van der Waals surface area contributed by atoms with Crippen molar-refractivity contribution in [3.8, 4) is 0 Å². The molecule has 5 heteroatoms. The van der Waals surface area contributed by atoms with E-state index in [4.69, 9.17) is 0 Å². The zero-order valence-electron chi connectivity index (χ0n) is 39.7. The van der Waals surface area contributed by atoms with E-state index in [1.54, 1.807) is 0 Å². The SMILES string of the molecule is CCCCCCCCCCCCCCCCCCCCCCCCCCC(O)C(O)C(CO)NC(=O)CCCCCCCCCCCCCCCCCCCCCC. The third kappa shape index (κ3) is 43.4. The van der Waals surface area contributed by atoms with Gasteiger partial charge in [-0.05, 0) is 12.8 Å². The molecular weight excluding hydrogens is 715 g/mol. The summed E-state index contributed by atoms with van der Waals surface area (Å²) in [5.74, 6) is -0.137. The molecule has 3 atom stereocenters. The molecule has 0 aromatic heterocycles. The molecule has 1 amide bonds. The van der Waals surface area contributed by atoms with Crippen molar-refractivity contribution < 1.29 is 20.1 Å². The second-order valence-electron chi connectivity index (χ2n) is 18.8. The molecule has 0 heterocycles. The number of amides is 1. The molecule has 5 nitrogen and oxygen atoms in total. The lowest BCUT2D eigenvalue weighted by molar-refractivity contribution is -0.124. The Balaban J connectivity index is 3.51. The van der Waals surface area contributed by atoms with Gasteiger partial charge in [0.25, 0.3) is 0 Å². The maximum atomic E-state index is 12.5. The fourth-order valence-electron chi connectivity index (χ4n) is 8.81. The van der Waals surface area contributed by atoms with E-state index in [-0.39, 0.29) is 12.5 Å². The van der Waals surface area contributed by atoms with Gasteiger partial charge < -0.3 is 20.6 Å². The van der Waals surface area contributed by atoms with Gasteiger partial charge in [0.05, 0.1) is 18.8 Å². The molecule has 0 spiro atoms. The Bertz CT molecular complexity index is 777. The van der Waals surface area contributed by atoms with Gasteiger partial charge in [0, 0.05) is 6.42 Å². The molecule has 0 rings (SSSR count). The zero-order chi connectivity index (χ0) is 42.3. The van der Waals surface area contributed by atoms with Crippen molar-refractivity contribution in [3.63, 3.8) is 0 Å². The molecule has 0 radical (unpaired) electrons. The van der Waals surface area contributed by atoms with Crippen LogP contribution in [0.1, 0.15) is 309 Å². The van der Waals surface area contributed by atoms with Crippen molar-refractivity contribution >= 4 is 5.91 Å². The second-order valence-corrected chi connectivity index (χ2v) is 18.8. The number of unbranched alkanes of at least 4 members (excludes halogenated alkanes) is 42. The van der Waals surface area contributed by atoms with E-state index in [1.165, 1.54) is 250 Å². The summed E-state index contributed by atoms with van der Waals surface area (Å²) in [6.45, 7) is 4.22. The number of nitrogens with one attached hydrogen (secondary N) is 1. The molecule has 3 unspecified atom stereocenters. The summed E-state index contributed by atoms with van der Waals surface area (Å²) in [6.07, 6.45) is 58.1. The third-order valence-corrected chi connectivity index (χ3v) is 13.0. The minimum absolute atomic E-state index is 0.137. The Labute approximate surface area is 364 Å². The van der Waals surface area contributed by atoms with Crippen molar-refractivity contribution in [3.05, 3.63) is 0 Å². The first kappa shape index (κ1) is 57.3. The monoisotopic (exact) mass is 822 g/mol. The van der Waals surface area contributed by atoms with E-state index in [0.717, 1.165) is 32.1 Å². The lowest BCUT2D eigenvalue weighted by atomic mass is 9.99. The number of aliphatic hydroxyl groups is 3. The molecular formula is C53H107NO4. The van der Waals surface area contributed by atoms with Gasteiger partial charge in [0.1, 0.15) is 6.10 Å². The van der Waals surface area contributed by atoms with Crippen LogP contribution >= 0.6 is 0 Å². The van der Waals surface area contributed by atoms with E-state index in [0.29, 0.717) is 12.8 Å². The van der Waals surface area contributed by atoms with Crippen LogP contribution in [0.15, 0.2) is 0 Å². The number of carbonyl (C=O) groups is 1. The first-order chi connectivity index (χ1) is 28.6. The third-order valence-electron chi connectivity index (χ3n) is 13.0. The normalized spacial score (nSPS) is 13.3. The Morgan fingerprint density at radius 2 is 0.586 bits per heavy atom. The number of hydrogen-bond acceptors (Lipinski definition) is 4. The molecule has 0 fully saturated rings. The van der Waals surface area contributed by atoms with Crippen molar-refractivity contribution in [2.24, 2.45) is 0 Å². The molecule has 4 N–H and O–H groups in total. The topological polar surface area (TPSA) is 89.8 Å². The Kier molecular flexibility index (Phi) is 48.5. The highest BCUT2D eigenvalue weighted by atomic mass is 16.3. The molecule has 0 aliphatic carbocycles. The van der Waals surface area contributed by atoms with Gasteiger partial charge in [0.15, 0.2) is 0 Å². The molecule has 0 saturated heterocycles. The molecule has 0 bridgehead atoms. The lowest BCUT2D eigenvalue weighted by Crippen LogP contribution is -2.50. The van der Waals surface area contributed by atoms with Crippen LogP contribution in [-0.2, 0) is 4.79 Å². The van der Waals surface area contributed by atoms with Gasteiger partial charge in [-0.3, -0.25) is 4.79 Å². The van der Waals surface area contributed by atoms with Crippen LogP contribution in [0, 0.1) is 0 Å². The van der Waals surface area contributed by atoms with Crippen molar-refractivity contribution in [2.45, 2.75) is 327 Å². The maximum absolute atomic E-state index is 12.5. The predicted octanol–water partition coefficient (Wildman–Crippen LogP) is 16.2. The summed E-state index contributed by atoms with van der Waals surface area (Å²) < 4.78 is 0. The van der Waals surface area contributed by atoms with Crippen molar-refractivity contribution in [1.82, 2.24) is 5.32 Å². The van der Waals surface area contributed by atoms with Gasteiger partial charge in [-0.15, -0.1) is 0 Å². The highest BCUT2D eigenvalue weighted by Gasteiger charge is 2.26. The lowest BCUT2D eigenvalue weighted by Gasteiger charge is -2.26. The second kappa shape index (κ2) is 49.0. The fourth-order valence-corrected chi connectivity index (χ4v) is 8.81. The highest BCUT2D eigenvalue weighted by Crippen LogP contribution is 2.18. The van der Waals surface area contributed by atoms with Crippen molar-refractivity contribution in [1.29, 1.82) is 0 Å². The molecule has 0 aromatic carbocycles. The van der Waals surface area contributed by atoms with E-state index in [2.05, 4.69) is 19.2 Å². The van der Waals surface area contributed by atoms with Crippen LogP contribution < -0.4 is 5.32 Å². The summed E-state index contributed by atoms with van der Waals surface area (Å²) in [7, 11) is 0. The van der Waals surface area contributed by atoms with E-state index in [9.17, 15) is 20.1 Å². The van der Waals surface area contributed by atoms with Crippen LogP contribution in [0.5, 0.6) is 0 Å². The first-order valence-corrected chi connectivity index (χ1v) is 26.8. The van der Waals surface area contributed by atoms with Gasteiger partial charge in [-0.25, -0.2) is 0 Å². The largest absolute Gasteiger partial charge is 0.394 e. The minimum atomic E-state index is -1.13. The minimum Gasteiger partial charge on any atom is -0.394 e. The summed E-state index contributed by atoms with van der Waals surface area (Å²) in [6, 6.07) is -0.804. The molecule has 0 saturated carbocycles. The standard InChI is InChI=1S/C53H107NO4/c1-3-5-7-9-11-13-15-17-19-21-23-25-26-27-28-29-31-33-35-37-39-41-43-45-47-51(56)53(58)50(49-55)54-52(57)48-46-44-42-40-38-36-34-32-30-24-22-20-18-16-14-12-10-8-6-4-2/h50-51,53,55-56,58H,3-49H2,1-2H3,(H,54,57). The average molecular weight is 822 g/mol. The summed E-state index contributed by atoms with van der Waals surface area (Å²) in [5.41, 5.74) is 0. The van der Waals surface area contributed by atoms with E-state index < -0.39 is 18.2 Å². The first-order valence-electron chi connectivity index (χ1n) is 26.8. The van der Waals surface area contributed by atoms with Gasteiger partial charge in [-0.2, -0.15) is 0 Å². The maximum Gasteiger partial charge on any atom is 0.220 e. The number of carbonyl (C=O) groups excluding carboxylic acids is 1. The molecule has 58 heavy (non-hydrogen) atoms. The number of aliphatic hydroxyl groups excluding tert-OH is 3. The Morgan fingerprint density at radius 3 is 0.828 bits per heavy atom. The van der Waals surface area contributed by atoms with E-state index >= 15 is 0 Å². The van der Waals surface area contributed by atoms with Crippen LogP contribution in [0.25, 0.3) is 0 Å². The van der Waals surface area contributed by atoms with E-state index in [1.807, 2.05) is 0 Å². The summed E-state index contributed by atoms with van der Waals surface area (Å²) in [4.78, 5) is 12.5. The molecule has 0 aliphatic rings. The Hall–Kier alpha value is -0.650. The van der Waals surface area contributed by atoms with Crippen molar-refractivity contribution in [2.75, 3.05) is 6.61 Å². The highest BCUT2D eigenvalue weighted by molar-refractivity contribution is 5.76. The van der Waals surface area contributed by atoms with Crippen LogP contribution in [0.3, 0.4) is 0 Å². The molecule has 0 aliphatic heterocycles. The predicted molar refractivity (Wildman–Crippen MR) is 255 cm³/mol. The van der Waals surface area contributed by atoms with Crippen LogP contribution in [-0.4, -0.2) is 46.1 Å². The summed E-state index contributed by atoms with van der Waals surface area (Å²) >= 11 is 0. The summed E-state index contributed by atoms with van der Waals surface area (Å²) in [5, 5.41) is 33.8. The number of rotatable bonds is 50. The van der Waals surface area contributed by atoms with Gasteiger partial charge in [-0.1, -0.05) is 290 Å². The molecule has 0 aromatic rings. The quantitative estimate of drug-likeness (QED) is 0.0460. The Morgan fingerprint density at radius 1 is 0.362 bits per heavy atom. The average Bonchev–Trinajstić information content (AvgIpc) is 3.23. The van der Waals surface area contributed by atoms with Gasteiger partial charge >= 0.3 is 0 Å². The smallest absolute Gasteiger partial charge is 0.220 e. The molecule has 348 valence electrons. The zero-order valence-corrected chi connectivity index (χ0v) is 39.7. The van der Waals surface area contributed by atoms with Gasteiger partial charge in [0.2, 0.25) is 5.91 Å². The van der Waals surface area contributed by atoms with Crippen LogP contribution in [0.2, 0.25) is 0 Å².